The number of hydrogen-bond donors (Lipinski definition) is 0. The Kier molecular flexibility index (Phi) is 5.18. The molecule has 0 bridgehead atoms. The van der Waals surface area contributed by atoms with Crippen molar-refractivity contribution in [1.82, 2.24) is 0 Å². The van der Waals surface area contributed by atoms with Crippen LogP contribution in [0.5, 0.6) is 0 Å². The molecule has 0 atom stereocenters. The Labute approximate surface area is 135 Å². The maximum atomic E-state index is 12.3. The zero-order valence-electron chi connectivity index (χ0n) is 11.6. The number of halogens is 2. The average molecular weight is 516 g/mol. The summed E-state index contributed by atoms with van der Waals surface area (Å²) in [4.78, 5) is 12.3. The van der Waals surface area contributed by atoms with Crippen molar-refractivity contribution in [3.63, 3.8) is 0 Å². The summed E-state index contributed by atoms with van der Waals surface area (Å²) in [6.45, 7) is 6.31. The summed E-state index contributed by atoms with van der Waals surface area (Å²) < 4.78 is 6.96. The fourth-order valence-corrected chi connectivity index (χ4v) is 16.8. The van der Waals surface area contributed by atoms with E-state index in [0.717, 1.165) is 0 Å². The quantitative estimate of drug-likeness (QED) is 0.443. The molecule has 0 radical (unpaired) electrons. The van der Waals surface area contributed by atoms with Crippen LogP contribution in [0, 0.1) is 20.8 Å². The molecule has 0 spiro atoms. The van der Waals surface area contributed by atoms with E-state index in [0.29, 0.717) is 10.2 Å². The predicted octanol–water partition coefficient (Wildman–Crippen LogP) is 4.53. The fraction of sp³-hybridized carbons (Fsp3) is 0.267. The number of benzene rings is 1. The number of ketones is 1. The molecule has 1 aromatic heterocycles. The van der Waals surface area contributed by atoms with Gasteiger partial charge in [0.15, 0.2) is 0 Å². The van der Waals surface area contributed by atoms with Gasteiger partial charge in [-0.15, -0.1) is 0 Å². The van der Waals surface area contributed by atoms with E-state index < -0.39 is 13.8 Å². The first-order valence-electron chi connectivity index (χ1n) is 6.16. The number of carbonyl (C=O) groups is 1. The van der Waals surface area contributed by atoms with Gasteiger partial charge in [0.25, 0.3) is 0 Å². The molecule has 0 saturated carbocycles. The van der Waals surface area contributed by atoms with Crippen molar-refractivity contribution < 1.29 is 9.21 Å². The second kappa shape index (κ2) is 6.35. The van der Waals surface area contributed by atoms with Crippen LogP contribution in [0.15, 0.2) is 34.9 Å². The molecule has 0 amide bonds. The molecular formula is C15H16Br2O2Te. The van der Waals surface area contributed by atoms with Gasteiger partial charge >= 0.3 is 136 Å². The number of aryl methyl sites for hydroxylation is 3. The summed E-state index contributed by atoms with van der Waals surface area (Å²) in [6.07, 6.45) is 1.53. The molecule has 5 heteroatoms. The minimum absolute atomic E-state index is 0.0457. The van der Waals surface area contributed by atoms with Crippen molar-refractivity contribution in [2.24, 2.45) is 0 Å². The number of Topliss-reactive ketones (excluding diaryl/α,β-unsaturated/α-hetero) is 1. The van der Waals surface area contributed by atoms with Gasteiger partial charge in [0.1, 0.15) is 0 Å². The summed E-state index contributed by atoms with van der Waals surface area (Å²) in [5, 5.41) is 0. The Morgan fingerprint density at radius 1 is 1.20 bits per heavy atom. The first-order chi connectivity index (χ1) is 9.31. The van der Waals surface area contributed by atoms with Crippen LogP contribution in [0.4, 0.5) is 0 Å². The van der Waals surface area contributed by atoms with Crippen molar-refractivity contribution in [3.05, 3.63) is 53.0 Å². The molecule has 0 aliphatic rings. The van der Waals surface area contributed by atoms with Crippen molar-refractivity contribution in [2.75, 3.05) is 0 Å². The first kappa shape index (κ1) is 16.3. The van der Waals surface area contributed by atoms with Crippen molar-refractivity contribution in [1.29, 1.82) is 0 Å². The van der Waals surface area contributed by atoms with Crippen LogP contribution in [0.25, 0.3) is 0 Å². The van der Waals surface area contributed by atoms with Gasteiger partial charge in [-0.2, -0.15) is 0 Å². The Morgan fingerprint density at radius 3 is 2.30 bits per heavy atom. The number of rotatable bonds is 4. The zero-order chi connectivity index (χ0) is 14.9. The molecule has 0 aliphatic heterocycles. The molecule has 0 aliphatic carbocycles. The molecule has 0 unspecified atom stereocenters. The molecular weight excluding hydrogens is 500 g/mol. The van der Waals surface area contributed by atoms with Gasteiger partial charge in [-0.05, 0) is 0 Å². The Balaban J connectivity index is 2.33. The van der Waals surface area contributed by atoms with E-state index in [9.17, 15) is 4.79 Å². The van der Waals surface area contributed by atoms with Gasteiger partial charge in [0.05, 0.1) is 0 Å². The third-order valence-electron chi connectivity index (χ3n) is 3.01. The molecule has 0 N–H and O–H groups in total. The van der Waals surface area contributed by atoms with Crippen molar-refractivity contribution in [3.8, 4) is 0 Å². The van der Waals surface area contributed by atoms with Crippen LogP contribution in [-0.4, -0.2) is 19.5 Å². The van der Waals surface area contributed by atoms with Crippen LogP contribution >= 0.6 is 25.5 Å². The zero-order valence-corrected chi connectivity index (χ0v) is 17.1. The van der Waals surface area contributed by atoms with Gasteiger partial charge in [0, 0.05) is 0 Å². The molecule has 108 valence electrons. The van der Waals surface area contributed by atoms with Gasteiger partial charge < -0.3 is 0 Å². The molecule has 2 nitrogen and oxygen atoms in total. The third-order valence-corrected chi connectivity index (χ3v) is 15.8. The molecule has 2 rings (SSSR count). The summed E-state index contributed by atoms with van der Waals surface area (Å²) in [5.74, 6) is 0.478. The van der Waals surface area contributed by atoms with Crippen LogP contribution in [0.1, 0.15) is 27.2 Å². The number of carbonyl (C=O) groups excluding carboxylic acids is 1. The molecule has 1 heterocycles. The predicted molar refractivity (Wildman–Crippen MR) is 91.7 cm³/mol. The SMILES string of the molecule is Cc1cc(C)c([Te](Br)(Br)CC(=O)c2ccco2)c(C)c1. The third kappa shape index (κ3) is 3.57. The summed E-state index contributed by atoms with van der Waals surface area (Å²) in [7, 11) is 0. The van der Waals surface area contributed by atoms with E-state index in [1.54, 1.807) is 12.1 Å². The van der Waals surface area contributed by atoms with Crippen LogP contribution in [-0.2, 0) is 0 Å². The van der Waals surface area contributed by atoms with E-state index in [1.165, 1.54) is 26.6 Å². The van der Waals surface area contributed by atoms with Crippen molar-refractivity contribution in [2.45, 2.75) is 25.2 Å². The van der Waals surface area contributed by atoms with Crippen LogP contribution in [0.2, 0.25) is 4.47 Å². The first-order valence-corrected chi connectivity index (χ1v) is 19.4. The molecule has 20 heavy (non-hydrogen) atoms. The number of furan rings is 1. The van der Waals surface area contributed by atoms with E-state index in [1.807, 2.05) is 0 Å². The van der Waals surface area contributed by atoms with Gasteiger partial charge in [-0.1, -0.05) is 0 Å². The van der Waals surface area contributed by atoms with E-state index >= 15 is 0 Å². The van der Waals surface area contributed by atoms with Gasteiger partial charge in [0.2, 0.25) is 0 Å². The summed E-state index contributed by atoms with van der Waals surface area (Å²) in [5.41, 5.74) is 3.73. The van der Waals surface area contributed by atoms with Crippen LogP contribution in [0.3, 0.4) is 0 Å². The number of hydrogen-bond acceptors (Lipinski definition) is 2. The minimum atomic E-state index is -2.79. The summed E-state index contributed by atoms with van der Waals surface area (Å²) in [6, 6.07) is 7.80. The standard InChI is InChI=1S/C15H16Br2O2Te/c1-10-7-11(2)15(12(3)8-10)20(16,17)9-13(18)14-5-4-6-19-14/h4-8H,9H2,1-3H3. The Morgan fingerprint density at radius 2 is 1.80 bits per heavy atom. The average Bonchev–Trinajstić information content (AvgIpc) is 2.78. The summed E-state index contributed by atoms with van der Waals surface area (Å²) >= 11 is 4.90. The topological polar surface area (TPSA) is 30.2 Å². The van der Waals surface area contributed by atoms with Gasteiger partial charge in [-0.25, -0.2) is 0 Å². The van der Waals surface area contributed by atoms with E-state index in [-0.39, 0.29) is 5.78 Å². The molecule has 0 fully saturated rings. The van der Waals surface area contributed by atoms with Crippen molar-refractivity contribution >= 4 is 48.7 Å². The monoisotopic (exact) mass is 516 g/mol. The Bertz CT molecular complexity index is 610. The van der Waals surface area contributed by atoms with Gasteiger partial charge in [-0.3, -0.25) is 0 Å². The normalized spacial score (nSPS) is 12.4. The molecule has 0 saturated heterocycles. The van der Waals surface area contributed by atoms with E-state index in [2.05, 4.69) is 58.4 Å². The molecule has 1 aromatic carbocycles. The molecule has 2 aromatic rings. The second-order valence-electron chi connectivity index (χ2n) is 4.85. The second-order valence-corrected chi connectivity index (χ2v) is 30.8. The maximum absolute atomic E-state index is 12.3. The Hall–Kier alpha value is -0.0804. The van der Waals surface area contributed by atoms with E-state index in [4.69, 9.17) is 4.42 Å². The fourth-order valence-electron chi connectivity index (χ4n) is 2.38. The van der Waals surface area contributed by atoms with Crippen LogP contribution < -0.4 is 3.61 Å².